The zero-order chi connectivity index (χ0) is 23.3. The molecule has 0 fully saturated rings. The highest BCUT2D eigenvalue weighted by Gasteiger charge is 2.37. The Morgan fingerprint density at radius 1 is 1.25 bits per heavy atom. The number of esters is 1. The van der Waals surface area contributed by atoms with Crippen molar-refractivity contribution in [1.82, 2.24) is 5.43 Å². The summed E-state index contributed by atoms with van der Waals surface area (Å²) in [7, 11) is 0. The van der Waals surface area contributed by atoms with Crippen LogP contribution < -0.4 is 10.7 Å². The van der Waals surface area contributed by atoms with Crippen molar-refractivity contribution in [2.45, 2.75) is 26.2 Å². The lowest BCUT2D eigenvalue weighted by Gasteiger charge is -2.27. The molecule has 1 atom stereocenters. The number of amides is 1. The molecule has 1 unspecified atom stereocenters. The molecule has 0 aromatic heterocycles. The number of nitro groups is 1. The number of rotatable bonds is 7. The third-order valence-electron chi connectivity index (χ3n) is 4.70. The van der Waals surface area contributed by atoms with Crippen LogP contribution in [0.4, 0.5) is 11.4 Å². The van der Waals surface area contributed by atoms with Crippen LogP contribution in [0, 0.1) is 10.1 Å². The van der Waals surface area contributed by atoms with Gasteiger partial charge in [-0.05, 0) is 37.1 Å². The summed E-state index contributed by atoms with van der Waals surface area (Å²) in [5.74, 6) is -2.05. The largest absolute Gasteiger partial charge is 0.462 e. The maximum Gasteiger partial charge on any atom is 0.336 e. The van der Waals surface area contributed by atoms with Gasteiger partial charge in [-0.15, -0.1) is 0 Å². The minimum absolute atomic E-state index is 0.00665. The molecule has 2 N–H and O–H groups in total. The molecular weight excluding hydrogens is 436 g/mol. The number of nitro benzene ring substituents is 1. The maximum absolute atomic E-state index is 13.1. The van der Waals surface area contributed by atoms with E-state index < -0.39 is 22.7 Å². The first kappa shape index (κ1) is 23.0. The minimum atomic E-state index is -0.849. The summed E-state index contributed by atoms with van der Waals surface area (Å²) in [5.41, 5.74) is 4.02. The Morgan fingerprint density at radius 2 is 2.00 bits per heavy atom. The molecule has 3 rings (SSSR count). The van der Waals surface area contributed by atoms with Gasteiger partial charge in [-0.1, -0.05) is 36.7 Å². The van der Waals surface area contributed by atoms with Gasteiger partial charge in [0.15, 0.2) is 0 Å². The molecule has 2 aromatic carbocycles. The van der Waals surface area contributed by atoms with Gasteiger partial charge in [-0.3, -0.25) is 20.3 Å². The molecule has 10 heteroatoms. The number of allylic oxidation sites excluding steroid dienone is 1. The van der Waals surface area contributed by atoms with Crippen molar-refractivity contribution < 1.29 is 19.2 Å². The highest BCUT2D eigenvalue weighted by atomic mass is 35.5. The molecule has 166 valence electrons. The van der Waals surface area contributed by atoms with E-state index in [-0.39, 0.29) is 29.3 Å². The number of hydrogen-bond acceptors (Lipinski definition) is 7. The van der Waals surface area contributed by atoms with E-state index in [0.717, 1.165) is 0 Å². The average Bonchev–Trinajstić information content (AvgIpc) is 2.77. The first-order valence-corrected chi connectivity index (χ1v) is 10.2. The monoisotopic (exact) mass is 456 g/mol. The first-order valence-electron chi connectivity index (χ1n) is 9.84. The highest BCUT2D eigenvalue weighted by molar-refractivity contribution is 6.46. The molecule has 0 saturated heterocycles. The zero-order valence-electron chi connectivity index (χ0n) is 17.4. The lowest BCUT2D eigenvalue weighted by molar-refractivity contribution is -0.384. The van der Waals surface area contributed by atoms with Crippen molar-refractivity contribution in [2.24, 2.45) is 5.10 Å². The molecular formula is C22H21ClN4O5. The predicted octanol–water partition coefficient (Wildman–Crippen LogP) is 4.16. The Bertz CT molecular complexity index is 1130. The molecule has 1 aliphatic rings. The number of nitrogens with one attached hydrogen (secondary N) is 2. The Balaban J connectivity index is 1.99. The van der Waals surface area contributed by atoms with Gasteiger partial charge < -0.3 is 10.1 Å². The zero-order valence-corrected chi connectivity index (χ0v) is 18.2. The maximum atomic E-state index is 13.1. The number of carbonyl (C=O) groups is 2. The summed E-state index contributed by atoms with van der Waals surface area (Å²) in [6.45, 7) is 3.77. The number of non-ortho nitro benzene ring substituents is 1. The molecule has 32 heavy (non-hydrogen) atoms. The van der Waals surface area contributed by atoms with Crippen molar-refractivity contribution >= 4 is 40.6 Å². The van der Waals surface area contributed by atoms with Crippen LogP contribution in [-0.2, 0) is 14.3 Å². The quantitative estimate of drug-likeness (QED) is 0.366. The fourth-order valence-electron chi connectivity index (χ4n) is 3.25. The van der Waals surface area contributed by atoms with Gasteiger partial charge in [0.2, 0.25) is 0 Å². The molecule has 2 aromatic rings. The number of hydrazone groups is 1. The second kappa shape index (κ2) is 10.1. The molecule has 0 bridgehead atoms. The van der Waals surface area contributed by atoms with E-state index in [1.54, 1.807) is 31.2 Å². The molecule has 0 aliphatic carbocycles. The van der Waals surface area contributed by atoms with E-state index in [1.165, 1.54) is 24.3 Å². The normalized spacial score (nSPS) is 15.5. The molecule has 9 nitrogen and oxygen atoms in total. The number of ether oxygens (including phenoxy) is 1. The van der Waals surface area contributed by atoms with E-state index >= 15 is 0 Å². The van der Waals surface area contributed by atoms with Crippen molar-refractivity contribution in [1.29, 1.82) is 0 Å². The van der Waals surface area contributed by atoms with Gasteiger partial charge in [0.1, 0.15) is 5.71 Å². The van der Waals surface area contributed by atoms with Crippen LogP contribution >= 0.6 is 11.6 Å². The van der Waals surface area contributed by atoms with Crippen molar-refractivity contribution in [3.8, 4) is 0 Å². The second-order valence-corrected chi connectivity index (χ2v) is 7.47. The van der Waals surface area contributed by atoms with E-state index in [0.29, 0.717) is 22.7 Å². The molecule has 1 aliphatic heterocycles. The average molecular weight is 457 g/mol. The first-order chi connectivity index (χ1) is 15.3. The van der Waals surface area contributed by atoms with E-state index in [4.69, 9.17) is 16.3 Å². The molecule has 0 saturated carbocycles. The van der Waals surface area contributed by atoms with Crippen LogP contribution in [0.15, 0.2) is 64.9 Å². The van der Waals surface area contributed by atoms with Crippen LogP contribution in [0.3, 0.4) is 0 Å². The topological polar surface area (TPSA) is 123 Å². The van der Waals surface area contributed by atoms with Gasteiger partial charge in [0.25, 0.3) is 11.6 Å². The fourth-order valence-corrected chi connectivity index (χ4v) is 3.45. The Labute approximate surface area is 189 Å². The van der Waals surface area contributed by atoms with Gasteiger partial charge in [0, 0.05) is 28.5 Å². The number of nitrogens with zero attached hydrogens (tertiary/aromatic N) is 2. The van der Waals surface area contributed by atoms with E-state index in [9.17, 15) is 19.7 Å². The third-order valence-corrected chi connectivity index (χ3v) is 4.93. The summed E-state index contributed by atoms with van der Waals surface area (Å²) in [4.78, 5) is 36.5. The van der Waals surface area contributed by atoms with Crippen LogP contribution in [0.5, 0.6) is 0 Å². The summed E-state index contributed by atoms with van der Waals surface area (Å²) in [6, 6.07) is 12.3. The van der Waals surface area contributed by atoms with Crippen molar-refractivity contribution in [3.05, 3.63) is 80.5 Å². The SMILES string of the molecule is CCCOC(=O)C1=C(C)NN=C(C(=O)Nc2cccc([N+](=O)[O-])c2)C1c1cccc(Cl)c1. The van der Waals surface area contributed by atoms with Gasteiger partial charge in [-0.2, -0.15) is 5.10 Å². The number of hydrogen-bond donors (Lipinski definition) is 2. The Kier molecular flexibility index (Phi) is 7.21. The van der Waals surface area contributed by atoms with Gasteiger partial charge >= 0.3 is 5.97 Å². The van der Waals surface area contributed by atoms with Crippen LogP contribution in [0.1, 0.15) is 31.7 Å². The molecule has 0 radical (unpaired) electrons. The lowest BCUT2D eigenvalue weighted by atomic mass is 9.84. The molecule has 0 spiro atoms. The van der Waals surface area contributed by atoms with Gasteiger partial charge in [-0.25, -0.2) is 4.79 Å². The Morgan fingerprint density at radius 3 is 2.69 bits per heavy atom. The third kappa shape index (κ3) is 5.12. The van der Waals surface area contributed by atoms with Crippen LogP contribution in [0.25, 0.3) is 0 Å². The van der Waals surface area contributed by atoms with E-state index in [2.05, 4.69) is 15.8 Å². The smallest absolute Gasteiger partial charge is 0.336 e. The summed E-state index contributed by atoms with van der Waals surface area (Å²) >= 11 is 6.16. The van der Waals surface area contributed by atoms with E-state index in [1.807, 2.05) is 6.92 Å². The number of anilines is 1. The van der Waals surface area contributed by atoms with Crippen molar-refractivity contribution in [3.63, 3.8) is 0 Å². The summed E-state index contributed by atoms with van der Waals surface area (Å²) in [6.07, 6.45) is 0.640. The summed E-state index contributed by atoms with van der Waals surface area (Å²) < 4.78 is 5.34. The van der Waals surface area contributed by atoms with Crippen LogP contribution in [-0.4, -0.2) is 29.1 Å². The fraction of sp³-hybridized carbons (Fsp3) is 0.227. The standard InChI is InChI=1S/C22H21ClN4O5/c1-3-10-32-22(29)18-13(2)25-26-20(19(18)14-6-4-7-15(23)11-14)21(28)24-16-8-5-9-17(12-16)27(30)31/h4-9,11-12,19,25H,3,10H2,1-2H3,(H,24,28). The summed E-state index contributed by atoms with van der Waals surface area (Å²) in [5, 5.41) is 18.3. The second-order valence-electron chi connectivity index (χ2n) is 7.03. The Hall–Kier alpha value is -3.72. The number of halogens is 1. The molecule has 1 amide bonds. The lowest BCUT2D eigenvalue weighted by Crippen LogP contribution is -2.37. The van der Waals surface area contributed by atoms with Gasteiger partial charge in [0.05, 0.1) is 23.0 Å². The highest BCUT2D eigenvalue weighted by Crippen LogP contribution is 2.33. The minimum Gasteiger partial charge on any atom is -0.462 e. The number of benzene rings is 2. The molecule has 1 heterocycles. The van der Waals surface area contributed by atoms with Crippen molar-refractivity contribution in [2.75, 3.05) is 11.9 Å². The van der Waals surface area contributed by atoms with Crippen LogP contribution in [0.2, 0.25) is 5.02 Å². The number of carbonyl (C=O) groups excluding carboxylic acids is 2. The predicted molar refractivity (Wildman–Crippen MR) is 120 cm³/mol.